The van der Waals surface area contributed by atoms with E-state index in [4.69, 9.17) is 18.9 Å². The maximum absolute atomic E-state index is 13.6. The number of halogens is 2. The van der Waals surface area contributed by atoms with Gasteiger partial charge in [-0.15, -0.1) is 0 Å². The zero-order valence-electron chi connectivity index (χ0n) is 16.0. The Balaban J connectivity index is 1.57. The topological polar surface area (TPSA) is 74.3 Å². The van der Waals surface area contributed by atoms with Crippen LogP contribution < -0.4 is 9.64 Å². The van der Waals surface area contributed by atoms with Gasteiger partial charge in [-0.1, -0.05) is 31.9 Å². The van der Waals surface area contributed by atoms with E-state index >= 15 is 0 Å². The molecule has 1 aromatic rings. The van der Waals surface area contributed by atoms with Crippen LogP contribution in [0, 0.1) is 11.8 Å². The van der Waals surface area contributed by atoms with Crippen LogP contribution in [0.25, 0.3) is 0 Å². The van der Waals surface area contributed by atoms with Gasteiger partial charge in [0.1, 0.15) is 11.4 Å². The van der Waals surface area contributed by atoms with E-state index in [-0.39, 0.29) is 21.5 Å². The minimum atomic E-state index is -1.07. The summed E-state index contributed by atoms with van der Waals surface area (Å²) in [5, 5.41) is 0. The van der Waals surface area contributed by atoms with Gasteiger partial charge in [0, 0.05) is 0 Å². The Morgan fingerprint density at radius 3 is 2.31 bits per heavy atom. The van der Waals surface area contributed by atoms with Crippen LogP contribution in [-0.4, -0.2) is 58.8 Å². The Morgan fingerprint density at radius 1 is 1.07 bits per heavy atom. The third-order valence-corrected chi connectivity index (χ3v) is 9.83. The minimum absolute atomic E-state index is 0.180. The number of carbonyl (C=O) groups excluding carboxylic acids is 2. The molecule has 0 N–H and O–H groups in total. The fraction of sp³-hybridized carbons (Fsp3) is 0.600. The SMILES string of the molecule is CCOc1ccc(N2C(=O)[C@@H]3[C@H](C2=O)[C@@]2(C4OCCO4)O[C@@]3(C)[C@@H](Br)[C@@H]2Br)cc1. The zero-order chi connectivity index (χ0) is 20.6. The summed E-state index contributed by atoms with van der Waals surface area (Å²) in [5.74, 6) is -1.15. The molecule has 0 aliphatic carbocycles. The highest BCUT2D eigenvalue weighted by atomic mass is 79.9. The summed E-state index contributed by atoms with van der Waals surface area (Å²) >= 11 is 7.42. The first-order valence-corrected chi connectivity index (χ1v) is 11.5. The number of rotatable bonds is 4. The molecule has 0 unspecified atom stereocenters. The number of hydrogen-bond donors (Lipinski definition) is 0. The molecule has 0 spiro atoms. The van der Waals surface area contributed by atoms with Crippen molar-refractivity contribution in [1.29, 1.82) is 0 Å². The molecule has 4 saturated heterocycles. The van der Waals surface area contributed by atoms with Crippen molar-refractivity contribution in [2.24, 2.45) is 11.8 Å². The van der Waals surface area contributed by atoms with E-state index < -0.39 is 29.3 Å². The van der Waals surface area contributed by atoms with Crippen LogP contribution >= 0.6 is 31.9 Å². The summed E-state index contributed by atoms with van der Waals surface area (Å²) in [6.45, 7) is 5.19. The van der Waals surface area contributed by atoms with Crippen LogP contribution in [0.5, 0.6) is 5.75 Å². The lowest BCUT2D eigenvalue weighted by atomic mass is 9.67. The fourth-order valence-electron chi connectivity index (χ4n) is 5.24. The third-order valence-electron chi connectivity index (χ3n) is 6.44. The van der Waals surface area contributed by atoms with Crippen LogP contribution in [0.4, 0.5) is 5.69 Å². The highest BCUT2D eigenvalue weighted by molar-refractivity contribution is 9.12. The molecular weight excluding hydrogens is 510 g/mol. The molecule has 9 heteroatoms. The van der Waals surface area contributed by atoms with E-state index in [1.165, 1.54) is 4.90 Å². The molecule has 2 amide bonds. The van der Waals surface area contributed by atoms with E-state index in [1.807, 2.05) is 13.8 Å². The Bertz CT molecular complexity index is 855. The predicted molar refractivity (Wildman–Crippen MR) is 110 cm³/mol. The summed E-state index contributed by atoms with van der Waals surface area (Å²) in [4.78, 5) is 27.9. The number of ether oxygens (including phenoxy) is 4. The molecule has 1 aromatic carbocycles. The molecule has 29 heavy (non-hydrogen) atoms. The van der Waals surface area contributed by atoms with Crippen molar-refractivity contribution in [3.63, 3.8) is 0 Å². The quantitative estimate of drug-likeness (QED) is 0.440. The lowest BCUT2D eigenvalue weighted by Gasteiger charge is -2.39. The first-order valence-electron chi connectivity index (χ1n) is 9.68. The van der Waals surface area contributed by atoms with Crippen molar-refractivity contribution < 1.29 is 28.5 Å². The van der Waals surface area contributed by atoms with Gasteiger partial charge in [-0.3, -0.25) is 9.59 Å². The number of anilines is 1. The fourth-order valence-corrected chi connectivity index (χ4v) is 7.15. The maximum Gasteiger partial charge on any atom is 0.240 e. The van der Waals surface area contributed by atoms with Gasteiger partial charge in [0.15, 0.2) is 6.29 Å². The monoisotopic (exact) mass is 529 g/mol. The molecule has 5 rings (SSSR count). The van der Waals surface area contributed by atoms with E-state index in [0.29, 0.717) is 31.3 Å². The van der Waals surface area contributed by atoms with E-state index in [0.717, 1.165) is 0 Å². The van der Waals surface area contributed by atoms with Crippen molar-refractivity contribution in [2.45, 2.75) is 41.0 Å². The summed E-state index contributed by atoms with van der Waals surface area (Å²) in [6, 6.07) is 7.00. The second-order valence-corrected chi connectivity index (χ2v) is 9.88. The number of amides is 2. The molecule has 4 heterocycles. The molecule has 0 saturated carbocycles. The van der Waals surface area contributed by atoms with E-state index in [1.54, 1.807) is 24.3 Å². The molecule has 4 aliphatic rings. The summed E-state index contributed by atoms with van der Waals surface area (Å²) in [6.07, 6.45) is -0.708. The second kappa shape index (κ2) is 6.75. The summed E-state index contributed by atoms with van der Waals surface area (Å²) in [7, 11) is 0. The van der Waals surface area contributed by atoms with Gasteiger partial charge in [-0.2, -0.15) is 0 Å². The zero-order valence-corrected chi connectivity index (χ0v) is 19.1. The summed E-state index contributed by atoms with van der Waals surface area (Å²) < 4.78 is 23.5. The van der Waals surface area contributed by atoms with E-state index in [2.05, 4.69) is 31.9 Å². The average molecular weight is 531 g/mol. The number of nitrogens with zero attached hydrogens (tertiary/aromatic N) is 1. The lowest BCUT2D eigenvalue weighted by molar-refractivity contribution is -0.200. The molecule has 4 aliphatic heterocycles. The number of alkyl halides is 2. The molecule has 156 valence electrons. The highest BCUT2D eigenvalue weighted by Crippen LogP contribution is 2.66. The van der Waals surface area contributed by atoms with Crippen LogP contribution in [0.1, 0.15) is 13.8 Å². The smallest absolute Gasteiger partial charge is 0.240 e. The van der Waals surface area contributed by atoms with Crippen molar-refractivity contribution in [2.75, 3.05) is 24.7 Å². The molecule has 2 bridgehead atoms. The molecule has 7 nitrogen and oxygen atoms in total. The van der Waals surface area contributed by atoms with Gasteiger partial charge < -0.3 is 18.9 Å². The summed E-state index contributed by atoms with van der Waals surface area (Å²) in [5.41, 5.74) is -1.40. The van der Waals surface area contributed by atoms with Gasteiger partial charge in [0.05, 0.1) is 52.6 Å². The molecule has 4 fully saturated rings. The van der Waals surface area contributed by atoms with E-state index in [9.17, 15) is 9.59 Å². The van der Waals surface area contributed by atoms with Crippen molar-refractivity contribution in [1.82, 2.24) is 0 Å². The van der Waals surface area contributed by atoms with Gasteiger partial charge in [0.2, 0.25) is 11.8 Å². The number of hydrogen-bond acceptors (Lipinski definition) is 6. The minimum Gasteiger partial charge on any atom is -0.494 e. The van der Waals surface area contributed by atoms with Crippen molar-refractivity contribution >= 4 is 49.4 Å². The number of imide groups is 1. The second-order valence-electron chi connectivity index (χ2n) is 7.91. The number of fused-ring (bicyclic) bond motifs is 5. The Hall–Kier alpha value is -1.00. The first-order chi connectivity index (χ1) is 13.9. The standard InChI is InChI=1S/C20H21Br2NO6/c1-3-26-11-6-4-10(5-7-11)23-16(24)12-13(17(23)25)20(18-27-8-9-28-18)15(22)14(21)19(12,2)29-20/h4-7,12-15,18H,3,8-9H2,1-2H3/t12-,13+,14-,15-,19+,20+/m0/s1. The Kier molecular flexibility index (Phi) is 4.64. The molecule has 0 radical (unpaired) electrons. The maximum atomic E-state index is 13.6. The molecule has 6 atom stereocenters. The van der Waals surface area contributed by atoms with Crippen molar-refractivity contribution in [3.8, 4) is 5.75 Å². The molecule has 0 aromatic heterocycles. The van der Waals surface area contributed by atoms with Crippen molar-refractivity contribution in [3.05, 3.63) is 24.3 Å². The average Bonchev–Trinajstić information content (AvgIpc) is 3.42. The Morgan fingerprint density at radius 2 is 1.69 bits per heavy atom. The van der Waals surface area contributed by atoms with Crippen LogP contribution in [0.15, 0.2) is 24.3 Å². The number of benzene rings is 1. The first kappa shape index (κ1) is 19.9. The lowest BCUT2D eigenvalue weighted by Crippen LogP contribution is -2.59. The highest BCUT2D eigenvalue weighted by Gasteiger charge is 2.82. The molecular formula is C20H21Br2NO6. The van der Waals surface area contributed by atoms with Crippen LogP contribution in [-0.2, 0) is 23.8 Å². The van der Waals surface area contributed by atoms with Crippen LogP contribution in [0.2, 0.25) is 0 Å². The van der Waals surface area contributed by atoms with Gasteiger partial charge >= 0.3 is 0 Å². The third kappa shape index (κ3) is 2.45. The predicted octanol–water partition coefficient (Wildman–Crippen LogP) is 2.63. The normalized spacial score (nSPS) is 41.4. The van der Waals surface area contributed by atoms with Gasteiger partial charge in [0.25, 0.3) is 0 Å². The Labute approximate surface area is 185 Å². The van der Waals surface area contributed by atoms with Gasteiger partial charge in [-0.25, -0.2) is 4.90 Å². The van der Waals surface area contributed by atoms with Crippen LogP contribution in [0.3, 0.4) is 0 Å². The largest absolute Gasteiger partial charge is 0.494 e. The van der Waals surface area contributed by atoms with Gasteiger partial charge in [-0.05, 0) is 38.1 Å². The number of carbonyl (C=O) groups is 2.